The van der Waals surface area contributed by atoms with Crippen molar-refractivity contribution in [3.63, 3.8) is 0 Å². The highest BCUT2D eigenvalue weighted by Crippen LogP contribution is 2.34. The van der Waals surface area contributed by atoms with E-state index < -0.39 is 40.3 Å². The van der Waals surface area contributed by atoms with E-state index in [9.17, 15) is 17.6 Å². The Morgan fingerprint density at radius 1 is 1.00 bits per heavy atom. The van der Waals surface area contributed by atoms with Crippen LogP contribution in [0.1, 0.15) is 32.4 Å². The normalized spacial score (nSPS) is 13.2. The van der Waals surface area contributed by atoms with Gasteiger partial charge < -0.3 is 5.73 Å². The van der Waals surface area contributed by atoms with E-state index in [-0.39, 0.29) is 18.5 Å². The molecule has 1 nitrogen and oxygen atoms in total. The molecule has 0 radical (unpaired) electrons. The first-order chi connectivity index (χ1) is 7.16. The van der Waals surface area contributed by atoms with Gasteiger partial charge in [-0.05, 0) is 5.41 Å². The summed E-state index contributed by atoms with van der Waals surface area (Å²) in [7, 11) is 0. The fourth-order valence-corrected chi connectivity index (χ4v) is 1.30. The minimum absolute atomic E-state index is 0. The standard InChI is InChI=1S/C11H13F4N.ClH/c1-11(2,3)10(16)7-8(14)5(12)4-6(13)9(7)15;/h4,10H,16H2,1-3H3;1H/t10-;/m1./s1. The quantitative estimate of drug-likeness (QED) is 0.611. The molecule has 0 saturated carbocycles. The predicted octanol–water partition coefficient (Wildman–Crippen LogP) is 3.71. The molecule has 0 amide bonds. The van der Waals surface area contributed by atoms with Crippen molar-refractivity contribution < 1.29 is 17.6 Å². The average molecular weight is 272 g/mol. The number of halogens is 5. The lowest BCUT2D eigenvalue weighted by Gasteiger charge is -2.28. The minimum atomic E-state index is -1.44. The second-order valence-corrected chi connectivity index (χ2v) is 4.73. The van der Waals surface area contributed by atoms with Crippen molar-refractivity contribution in [1.29, 1.82) is 0 Å². The summed E-state index contributed by atoms with van der Waals surface area (Å²) in [5, 5.41) is 0. The monoisotopic (exact) mass is 271 g/mol. The first kappa shape index (κ1) is 16.2. The second kappa shape index (κ2) is 5.23. The Hall–Kier alpha value is -0.810. The number of hydrogen-bond acceptors (Lipinski definition) is 1. The molecule has 0 unspecified atom stereocenters. The first-order valence-corrected chi connectivity index (χ1v) is 4.74. The third kappa shape index (κ3) is 3.10. The molecule has 17 heavy (non-hydrogen) atoms. The maximum atomic E-state index is 13.4. The number of rotatable bonds is 1. The van der Waals surface area contributed by atoms with E-state index in [0.29, 0.717) is 0 Å². The molecule has 1 rings (SSSR count). The van der Waals surface area contributed by atoms with Gasteiger partial charge >= 0.3 is 0 Å². The van der Waals surface area contributed by atoms with Crippen LogP contribution in [-0.4, -0.2) is 0 Å². The fourth-order valence-electron chi connectivity index (χ4n) is 1.30. The Morgan fingerprint density at radius 3 is 1.65 bits per heavy atom. The lowest BCUT2D eigenvalue weighted by molar-refractivity contribution is 0.301. The molecule has 1 aromatic rings. The van der Waals surface area contributed by atoms with Crippen LogP contribution in [-0.2, 0) is 0 Å². The Kier molecular flexibility index (Phi) is 4.98. The molecule has 2 N–H and O–H groups in total. The van der Waals surface area contributed by atoms with E-state index in [1.807, 2.05) is 0 Å². The van der Waals surface area contributed by atoms with Crippen LogP contribution in [0.5, 0.6) is 0 Å². The smallest absolute Gasteiger partial charge is 0.166 e. The van der Waals surface area contributed by atoms with Crippen molar-refractivity contribution in [3.05, 3.63) is 34.9 Å². The minimum Gasteiger partial charge on any atom is -0.323 e. The van der Waals surface area contributed by atoms with Crippen molar-refractivity contribution in [3.8, 4) is 0 Å². The molecular formula is C11H14ClF4N. The number of benzene rings is 1. The highest BCUT2D eigenvalue weighted by atomic mass is 35.5. The molecule has 1 atom stereocenters. The van der Waals surface area contributed by atoms with E-state index in [0.717, 1.165) is 0 Å². The third-order valence-corrected chi connectivity index (χ3v) is 2.39. The van der Waals surface area contributed by atoms with Crippen molar-refractivity contribution in [2.24, 2.45) is 11.1 Å². The van der Waals surface area contributed by atoms with Crippen LogP contribution in [0.4, 0.5) is 17.6 Å². The summed E-state index contributed by atoms with van der Waals surface area (Å²) in [5.74, 6) is -5.73. The van der Waals surface area contributed by atoms with E-state index >= 15 is 0 Å². The highest BCUT2D eigenvalue weighted by Gasteiger charge is 2.31. The Labute approximate surface area is 103 Å². The van der Waals surface area contributed by atoms with E-state index in [1.165, 1.54) is 0 Å². The molecular weight excluding hydrogens is 258 g/mol. The van der Waals surface area contributed by atoms with Gasteiger partial charge in [0.15, 0.2) is 23.3 Å². The summed E-state index contributed by atoms with van der Waals surface area (Å²) in [6, 6.07) is -0.957. The molecule has 6 heteroatoms. The molecule has 0 heterocycles. The van der Waals surface area contributed by atoms with Gasteiger partial charge in [-0.15, -0.1) is 12.4 Å². The molecule has 98 valence electrons. The molecule has 0 bridgehead atoms. The lowest BCUT2D eigenvalue weighted by Crippen LogP contribution is -2.29. The van der Waals surface area contributed by atoms with Crippen molar-refractivity contribution in [2.75, 3.05) is 0 Å². The molecule has 1 aromatic carbocycles. The van der Waals surface area contributed by atoms with Crippen molar-refractivity contribution in [2.45, 2.75) is 26.8 Å². The number of nitrogens with two attached hydrogens (primary N) is 1. The van der Waals surface area contributed by atoms with Gasteiger partial charge in [-0.25, -0.2) is 17.6 Å². The zero-order valence-corrected chi connectivity index (χ0v) is 10.5. The zero-order valence-electron chi connectivity index (χ0n) is 9.65. The molecule has 0 aliphatic rings. The molecule has 0 spiro atoms. The largest absolute Gasteiger partial charge is 0.323 e. The van der Waals surface area contributed by atoms with Crippen LogP contribution in [0.15, 0.2) is 6.07 Å². The molecule has 0 aliphatic carbocycles. The van der Waals surface area contributed by atoms with Crippen molar-refractivity contribution in [1.82, 2.24) is 0 Å². The van der Waals surface area contributed by atoms with Gasteiger partial charge in [-0.3, -0.25) is 0 Å². The lowest BCUT2D eigenvalue weighted by atomic mass is 9.82. The van der Waals surface area contributed by atoms with Gasteiger partial charge in [0, 0.05) is 17.7 Å². The van der Waals surface area contributed by atoms with Crippen LogP contribution in [0, 0.1) is 28.7 Å². The van der Waals surface area contributed by atoms with Gasteiger partial charge in [-0.1, -0.05) is 20.8 Å². The van der Waals surface area contributed by atoms with Gasteiger partial charge in [0.2, 0.25) is 0 Å². The van der Waals surface area contributed by atoms with Crippen LogP contribution >= 0.6 is 12.4 Å². The fraction of sp³-hybridized carbons (Fsp3) is 0.455. The van der Waals surface area contributed by atoms with Gasteiger partial charge in [0.05, 0.1) is 0 Å². The topological polar surface area (TPSA) is 26.0 Å². The van der Waals surface area contributed by atoms with Crippen LogP contribution in [0.25, 0.3) is 0 Å². The summed E-state index contributed by atoms with van der Waals surface area (Å²) < 4.78 is 52.6. The maximum absolute atomic E-state index is 13.4. The van der Waals surface area contributed by atoms with Crippen LogP contribution in [0.2, 0.25) is 0 Å². The maximum Gasteiger partial charge on any atom is 0.166 e. The first-order valence-electron chi connectivity index (χ1n) is 4.74. The Morgan fingerprint density at radius 2 is 1.35 bits per heavy atom. The van der Waals surface area contributed by atoms with E-state index in [4.69, 9.17) is 5.73 Å². The Bertz CT molecular complexity index is 389. The van der Waals surface area contributed by atoms with E-state index in [2.05, 4.69) is 0 Å². The summed E-state index contributed by atoms with van der Waals surface area (Å²) >= 11 is 0. The van der Waals surface area contributed by atoms with Crippen molar-refractivity contribution >= 4 is 12.4 Å². The third-order valence-electron chi connectivity index (χ3n) is 2.39. The molecule has 0 aliphatic heterocycles. The summed E-state index contributed by atoms with van der Waals surface area (Å²) in [4.78, 5) is 0. The second-order valence-electron chi connectivity index (χ2n) is 4.73. The van der Waals surface area contributed by atoms with Gasteiger partial charge in [0.1, 0.15) is 0 Å². The molecule has 0 saturated heterocycles. The van der Waals surface area contributed by atoms with Crippen LogP contribution in [0.3, 0.4) is 0 Å². The highest BCUT2D eigenvalue weighted by molar-refractivity contribution is 5.85. The average Bonchev–Trinajstić information content (AvgIpc) is 2.13. The van der Waals surface area contributed by atoms with Gasteiger partial charge in [0.25, 0.3) is 0 Å². The summed E-state index contributed by atoms with van der Waals surface area (Å²) in [5.41, 5.74) is 4.15. The van der Waals surface area contributed by atoms with E-state index in [1.54, 1.807) is 20.8 Å². The summed E-state index contributed by atoms with van der Waals surface area (Å²) in [6.07, 6.45) is 0. The zero-order chi connectivity index (χ0) is 12.7. The SMILES string of the molecule is CC(C)(C)[C@H](N)c1c(F)c(F)cc(F)c1F.Cl. The summed E-state index contributed by atoms with van der Waals surface area (Å²) in [6.45, 7) is 4.87. The van der Waals surface area contributed by atoms with Gasteiger partial charge in [-0.2, -0.15) is 0 Å². The number of hydrogen-bond donors (Lipinski definition) is 1. The predicted molar refractivity (Wildman–Crippen MR) is 59.9 cm³/mol. The van der Waals surface area contributed by atoms with Crippen LogP contribution < -0.4 is 5.73 Å². The molecule has 0 aromatic heterocycles. The molecule has 0 fully saturated rings. The Balaban J connectivity index is 0.00000256.